The van der Waals surface area contributed by atoms with Gasteiger partial charge in [0.25, 0.3) is 0 Å². The van der Waals surface area contributed by atoms with Gasteiger partial charge >= 0.3 is 6.85 Å². The highest BCUT2D eigenvalue weighted by Gasteiger charge is 2.47. The van der Waals surface area contributed by atoms with Gasteiger partial charge in [0.2, 0.25) is 0 Å². The molecule has 0 saturated heterocycles. The summed E-state index contributed by atoms with van der Waals surface area (Å²) in [7, 11) is 0. The van der Waals surface area contributed by atoms with Crippen molar-refractivity contribution in [2.24, 2.45) is 11.8 Å². The molecule has 9 aromatic carbocycles. The third-order valence-corrected chi connectivity index (χ3v) is 21.1. The quantitative estimate of drug-likeness (QED) is 0.160. The maximum atomic E-state index is 7.12. The van der Waals surface area contributed by atoms with Gasteiger partial charge in [-0.3, -0.25) is 0 Å². The Labute approximate surface area is 459 Å². The number of furan rings is 1. The minimum Gasteiger partial charge on any atom is -0.456 e. The molecule has 4 heteroatoms. The number of nitrogens with zero attached hydrogens (tertiary/aromatic N) is 2. The molecular weight excluding hydrogens is 944 g/mol. The van der Waals surface area contributed by atoms with Crippen molar-refractivity contribution >= 4 is 89.4 Å². The van der Waals surface area contributed by atoms with Crippen LogP contribution in [0, 0.1) is 11.8 Å². The molecule has 78 heavy (non-hydrogen) atoms. The second-order valence-corrected chi connectivity index (χ2v) is 26.4. The normalized spacial score (nSPS) is 22.4. The van der Waals surface area contributed by atoms with E-state index in [1.54, 1.807) is 11.1 Å². The smallest absolute Gasteiger partial charge is 0.333 e. The zero-order chi connectivity index (χ0) is 51.6. The Morgan fingerprint density at radius 3 is 1.81 bits per heavy atom. The van der Waals surface area contributed by atoms with E-state index in [1.165, 1.54) is 200 Å². The predicted octanol–water partition coefficient (Wildman–Crippen LogP) is 19.1. The number of rotatable bonds is 5. The molecule has 4 bridgehead atoms. The van der Waals surface area contributed by atoms with Gasteiger partial charge in [0.1, 0.15) is 11.2 Å². The minimum absolute atomic E-state index is 0.0447. The van der Waals surface area contributed by atoms with Gasteiger partial charge in [-0.15, -0.1) is 0 Å². The van der Waals surface area contributed by atoms with E-state index >= 15 is 0 Å². The molecule has 17 rings (SSSR count). The maximum absolute atomic E-state index is 7.12. The van der Waals surface area contributed by atoms with Crippen molar-refractivity contribution in [2.45, 2.75) is 127 Å². The molecule has 3 nitrogen and oxygen atoms in total. The van der Waals surface area contributed by atoms with Crippen LogP contribution < -0.4 is 15.8 Å². The lowest BCUT2D eigenvalue weighted by Gasteiger charge is -2.46. The van der Waals surface area contributed by atoms with Crippen molar-refractivity contribution in [2.75, 3.05) is 4.90 Å². The first-order valence-corrected chi connectivity index (χ1v) is 29.9. The summed E-state index contributed by atoms with van der Waals surface area (Å²) in [5.74, 6) is 1.70. The van der Waals surface area contributed by atoms with Gasteiger partial charge in [-0.2, -0.15) is 0 Å². The van der Waals surface area contributed by atoms with E-state index in [0.29, 0.717) is 0 Å². The Kier molecular flexibility index (Phi) is 9.74. The Bertz CT molecular complexity index is 4280. The second kappa shape index (κ2) is 16.6. The SMILES string of the molecule is CC(C)(C)c1ccc(N2c3cc4oc5cc6ccccc6cc5c4cc3B3c4c(cc(-c5ccccc5)cc42)-c2cc(C45CCCC(CCC4)C5)cc4c5cc(C67CCCC(CCC6)C7)ccc5n3c24)c(-c2ccccc2)c1. The zero-order valence-corrected chi connectivity index (χ0v) is 45.6. The fraction of sp³-hybridized carbons (Fsp3) is 0.297. The lowest BCUT2D eigenvalue weighted by Crippen LogP contribution is -2.56. The molecule has 382 valence electrons. The Morgan fingerprint density at radius 1 is 0.474 bits per heavy atom. The molecule has 4 aliphatic carbocycles. The Balaban J connectivity index is 1.02. The molecule has 0 unspecified atom stereocenters. The van der Waals surface area contributed by atoms with Crippen molar-refractivity contribution in [3.63, 3.8) is 0 Å². The van der Waals surface area contributed by atoms with E-state index in [-0.39, 0.29) is 23.1 Å². The van der Waals surface area contributed by atoms with Gasteiger partial charge in [-0.1, -0.05) is 175 Å². The summed E-state index contributed by atoms with van der Waals surface area (Å²) in [6, 6.07) is 66.7. The Morgan fingerprint density at radius 2 is 1.10 bits per heavy atom. The molecule has 0 amide bonds. The van der Waals surface area contributed by atoms with Crippen LogP contribution >= 0.6 is 0 Å². The van der Waals surface area contributed by atoms with E-state index in [9.17, 15) is 0 Å². The topological polar surface area (TPSA) is 21.3 Å². The van der Waals surface area contributed by atoms with E-state index in [1.807, 2.05) is 0 Å². The van der Waals surface area contributed by atoms with Crippen LogP contribution in [0.3, 0.4) is 0 Å². The molecule has 2 aromatic heterocycles. The van der Waals surface area contributed by atoms with Crippen molar-refractivity contribution in [1.82, 2.24) is 4.48 Å². The van der Waals surface area contributed by atoms with Crippen molar-refractivity contribution < 1.29 is 4.42 Å². The first-order valence-electron chi connectivity index (χ1n) is 29.9. The summed E-state index contributed by atoms with van der Waals surface area (Å²) in [6.07, 6.45) is 18.9. The highest BCUT2D eigenvalue weighted by molar-refractivity contribution is 6.90. The van der Waals surface area contributed by atoms with Gasteiger partial charge in [-0.25, -0.2) is 0 Å². The van der Waals surface area contributed by atoms with Gasteiger partial charge in [0, 0.05) is 61.1 Å². The molecule has 0 spiro atoms. The fourth-order valence-corrected chi connectivity index (χ4v) is 17.4. The number of anilines is 3. The maximum Gasteiger partial charge on any atom is 0.333 e. The zero-order valence-electron chi connectivity index (χ0n) is 45.6. The third-order valence-electron chi connectivity index (χ3n) is 21.1. The fourth-order valence-electron chi connectivity index (χ4n) is 17.4. The predicted molar refractivity (Wildman–Crippen MR) is 329 cm³/mol. The number of hydrogen-bond acceptors (Lipinski definition) is 2. The second-order valence-electron chi connectivity index (χ2n) is 26.4. The molecule has 0 radical (unpaired) electrons. The molecule has 11 aromatic rings. The van der Waals surface area contributed by atoms with Crippen LogP contribution in [0.5, 0.6) is 0 Å². The summed E-state index contributed by atoms with van der Waals surface area (Å²) >= 11 is 0. The molecule has 4 fully saturated rings. The van der Waals surface area contributed by atoms with Crippen LogP contribution in [0.25, 0.3) is 87.9 Å². The van der Waals surface area contributed by atoms with Crippen LogP contribution in [-0.2, 0) is 16.2 Å². The highest BCUT2D eigenvalue weighted by atomic mass is 16.3. The van der Waals surface area contributed by atoms with Crippen LogP contribution in [-0.4, -0.2) is 11.3 Å². The van der Waals surface area contributed by atoms with E-state index in [4.69, 9.17) is 4.42 Å². The Hall–Kier alpha value is -7.30. The van der Waals surface area contributed by atoms with Crippen LogP contribution in [0.15, 0.2) is 174 Å². The minimum atomic E-state index is -0.0992. The van der Waals surface area contributed by atoms with Crippen LogP contribution in [0.1, 0.15) is 127 Å². The molecule has 0 N–H and O–H groups in total. The van der Waals surface area contributed by atoms with Gasteiger partial charge in [0.05, 0.1) is 5.69 Å². The number of fused-ring (bicyclic) bond motifs is 15. The van der Waals surface area contributed by atoms with E-state index in [0.717, 1.165) is 23.0 Å². The first-order chi connectivity index (χ1) is 38.2. The summed E-state index contributed by atoms with van der Waals surface area (Å²) in [4.78, 5) is 2.66. The summed E-state index contributed by atoms with van der Waals surface area (Å²) < 4.78 is 9.97. The average Bonchev–Trinajstić information content (AvgIpc) is 3.33. The largest absolute Gasteiger partial charge is 0.456 e. The standard InChI is InChI=1S/C74H67BN2O/c1-72(2,3)53-26-28-64(56(38-53)49-22-8-5-9-23-49)76-66-43-69-59(58-34-50-24-10-11-25-51(50)37-68(58)78-69)42-63(66)75-70-60(35-52(36-67(70)76)48-20-6-4-7-21-48)62-41-55(74-32-14-18-47(45-74)19-15-33-74)40-61-57-39-54(27-29-65(57)77(75)71(61)62)73-30-12-16-46(44-73)17-13-31-73/h4-11,20-29,34-43,46-47H,12-19,30-33,44-45H2,1-3H3. The first kappa shape index (κ1) is 45.7. The molecular formula is C74H67BN2O. The summed E-state index contributed by atoms with van der Waals surface area (Å²) in [5, 5.41) is 7.70. The lowest BCUT2D eigenvalue weighted by atomic mass is 9.44. The number of hydrogen-bond donors (Lipinski definition) is 0. The monoisotopic (exact) mass is 1010 g/mol. The highest BCUT2D eigenvalue weighted by Crippen LogP contribution is 2.57. The van der Waals surface area contributed by atoms with Crippen molar-refractivity contribution in [3.8, 4) is 33.4 Å². The summed E-state index contributed by atoms with van der Waals surface area (Å²) in [5.41, 5.74) is 23.7. The van der Waals surface area contributed by atoms with Gasteiger partial charge in [-0.05, 0) is 188 Å². The van der Waals surface area contributed by atoms with Gasteiger partial charge < -0.3 is 13.8 Å². The van der Waals surface area contributed by atoms with Gasteiger partial charge in [0.15, 0.2) is 0 Å². The van der Waals surface area contributed by atoms with E-state index < -0.39 is 0 Å². The molecule has 0 atom stereocenters. The number of benzene rings is 9. The van der Waals surface area contributed by atoms with Crippen molar-refractivity contribution in [3.05, 3.63) is 187 Å². The molecule has 4 saturated carbocycles. The van der Waals surface area contributed by atoms with Crippen LogP contribution in [0.2, 0.25) is 0 Å². The molecule has 6 aliphatic rings. The average molecular weight is 1010 g/mol. The van der Waals surface area contributed by atoms with E-state index in [2.05, 4.69) is 200 Å². The lowest BCUT2D eigenvalue weighted by molar-refractivity contribution is 0.149. The van der Waals surface area contributed by atoms with Crippen LogP contribution in [0.4, 0.5) is 17.1 Å². The third kappa shape index (κ3) is 6.64. The number of aromatic nitrogens is 1. The summed E-state index contributed by atoms with van der Waals surface area (Å²) in [6.45, 7) is 6.93. The molecule has 2 aliphatic heterocycles. The van der Waals surface area contributed by atoms with Crippen molar-refractivity contribution in [1.29, 1.82) is 0 Å². The molecule has 4 heterocycles.